The number of benzene rings is 1. The molecule has 0 aliphatic heterocycles. The van der Waals surface area contributed by atoms with E-state index in [-0.39, 0.29) is 0 Å². The van der Waals surface area contributed by atoms with E-state index in [4.69, 9.17) is 10.7 Å². The first-order chi connectivity index (χ1) is 10.9. The van der Waals surface area contributed by atoms with Gasteiger partial charge in [-0.1, -0.05) is 25.1 Å². The molecule has 0 unspecified atom stereocenters. The lowest BCUT2D eigenvalue weighted by Crippen LogP contribution is -2.27. The lowest BCUT2D eigenvalue weighted by Gasteiger charge is -2.20. The fourth-order valence-electron chi connectivity index (χ4n) is 2.77. The van der Waals surface area contributed by atoms with Gasteiger partial charge in [0.2, 0.25) is 0 Å². The standard InChI is InChI=1S/C17H22N4OS/c1-4-23-9-13-20-14-15(21(13)10-17(2,3)22)11-7-5-6-8-12(11)19-16(14)18/h5-8,22H,4,9-10H2,1-3H3,(H2,18,19). The molecular formula is C17H22N4OS. The molecule has 23 heavy (non-hydrogen) atoms. The van der Waals surface area contributed by atoms with Crippen molar-refractivity contribution in [3.63, 3.8) is 0 Å². The Morgan fingerprint density at radius 3 is 2.70 bits per heavy atom. The highest BCUT2D eigenvalue weighted by molar-refractivity contribution is 7.98. The summed E-state index contributed by atoms with van der Waals surface area (Å²) in [4.78, 5) is 9.20. The number of para-hydroxylation sites is 1. The van der Waals surface area contributed by atoms with Crippen molar-refractivity contribution in [1.82, 2.24) is 14.5 Å². The van der Waals surface area contributed by atoms with Crippen LogP contribution in [0.25, 0.3) is 21.9 Å². The number of rotatable bonds is 5. The van der Waals surface area contributed by atoms with Gasteiger partial charge in [-0.05, 0) is 25.7 Å². The number of thioether (sulfide) groups is 1. The summed E-state index contributed by atoms with van der Waals surface area (Å²) in [6, 6.07) is 7.92. The zero-order valence-corrected chi connectivity index (χ0v) is 14.5. The zero-order chi connectivity index (χ0) is 16.6. The highest BCUT2D eigenvalue weighted by atomic mass is 32.2. The number of aliphatic hydroxyl groups is 1. The second kappa shape index (κ2) is 6.02. The second-order valence-corrected chi connectivity index (χ2v) is 7.55. The molecule has 0 spiro atoms. The van der Waals surface area contributed by atoms with Crippen LogP contribution in [0, 0.1) is 0 Å². The van der Waals surface area contributed by atoms with Crippen molar-refractivity contribution in [3.8, 4) is 0 Å². The van der Waals surface area contributed by atoms with Crippen molar-refractivity contribution in [1.29, 1.82) is 0 Å². The normalized spacial score (nSPS) is 12.3. The molecule has 0 amide bonds. The van der Waals surface area contributed by atoms with Crippen molar-refractivity contribution >= 4 is 39.5 Å². The average Bonchev–Trinajstić information content (AvgIpc) is 2.83. The summed E-state index contributed by atoms with van der Waals surface area (Å²) in [5, 5.41) is 11.4. The molecular weight excluding hydrogens is 308 g/mol. The lowest BCUT2D eigenvalue weighted by atomic mass is 10.1. The number of nitrogens with zero attached hydrogens (tertiary/aromatic N) is 3. The van der Waals surface area contributed by atoms with E-state index >= 15 is 0 Å². The van der Waals surface area contributed by atoms with Gasteiger partial charge >= 0.3 is 0 Å². The summed E-state index contributed by atoms with van der Waals surface area (Å²) in [5.41, 5.74) is 7.84. The summed E-state index contributed by atoms with van der Waals surface area (Å²) >= 11 is 1.80. The number of aromatic nitrogens is 3. The lowest BCUT2D eigenvalue weighted by molar-refractivity contribution is 0.0620. The van der Waals surface area contributed by atoms with Gasteiger partial charge in [0.05, 0.1) is 28.9 Å². The van der Waals surface area contributed by atoms with Crippen molar-refractivity contribution < 1.29 is 5.11 Å². The van der Waals surface area contributed by atoms with E-state index < -0.39 is 5.60 Å². The van der Waals surface area contributed by atoms with E-state index in [1.165, 1.54) is 0 Å². The predicted molar refractivity (Wildman–Crippen MR) is 97.6 cm³/mol. The number of pyridine rings is 1. The van der Waals surface area contributed by atoms with Crippen LogP contribution in [0.15, 0.2) is 24.3 Å². The van der Waals surface area contributed by atoms with E-state index in [1.54, 1.807) is 11.8 Å². The molecule has 2 heterocycles. The first-order valence-electron chi connectivity index (χ1n) is 7.74. The molecule has 0 bridgehead atoms. The second-order valence-electron chi connectivity index (χ2n) is 6.28. The minimum Gasteiger partial charge on any atom is -0.389 e. The minimum absolute atomic E-state index is 0.441. The molecule has 2 aromatic heterocycles. The maximum Gasteiger partial charge on any atom is 0.152 e. The van der Waals surface area contributed by atoms with Crippen molar-refractivity contribution in [3.05, 3.63) is 30.1 Å². The molecule has 122 valence electrons. The van der Waals surface area contributed by atoms with E-state index in [1.807, 2.05) is 38.1 Å². The van der Waals surface area contributed by atoms with E-state index in [0.29, 0.717) is 12.4 Å². The fourth-order valence-corrected chi connectivity index (χ4v) is 3.37. The fraction of sp³-hybridized carbons (Fsp3) is 0.412. The SMILES string of the molecule is CCSCc1nc2c(N)nc3ccccc3c2n1CC(C)(C)O. The number of fused-ring (bicyclic) bond motifs is 3. The van der Waals surface area contributed by atoms with E-state index in [0.717, 1.165) is 39.3 Å². The molecule has 0 atom stereocenters. The highest BCUT2D eigenvalue weighted by Crippen LogP contribution is 2.30. The summed E-state index contributed by atoms with van der Waals surface area (Å²) < 4.78 is 2.10. The molecule has 0 fully saturated rings. The Morgan fingerprint density at radius 1 is 1.26 bits per heavy atom. The minimum atomic E-state index is -0.835. The largest absolute Gasteiger partial charge is 0.389 e. The van der Waals surface area contributed by atoms with Gasteiger partial charge in [-0.15, -0.1) is 0 Å². The number of nitrogens with two attached hydrogens (primary N) is 1. The van der Waals surface area contributed by atoms with Crippen LogP contribution in [0.2, 0.25) is 0 Å². The third-order valence-electron chi connectivity index (χ3n) is 3.67. The van der Waals surface area contributed by atoms with Crippen LogP contribution >= 0.6 is 11.8 Å². The van der Waals surface area contributed by atoms with Crippen molar-refractivity contribution in [2.45, 2.75) is 38.7 Å². The maximum atomic E-state index is 10.3. The van der Waals surface area contributed by atoms with Gasteiger partial charge in [0.15, 0.2) is 5.82 Å². The zero-order valence-electron chi connectivity index (χ0n) is 13.7. The average molecular weight is 330 g/mol. The number of anilines is 1. The van der Waals surface area contributed by atoms with Gasteiger partial charge in [-0.3, -0.25) is 0 Å². The van der Waals surface area contributed by atoms with Crippen LogP contribution in [-0.4, -0.2) is 31.0 Å². The number of hydrogen-bond donors (Lipinski definition) is 2. The van der Waals surface area contributed by atoms with Gasteiger partial charge in [-0.2, -0.15) is 11.8 Å². The number of imidazole rings is 1. The van der Waals surface area contributed by atoms with Gasteiger partial charge in [0, 0.05) is 5.39 Å². The topological polar surface area (TPSA) is 77.0 Å². The Labute approximate surface area is 139 Å². The molecule has 3 N–H and O–H groups in total. The molecule has 0 saturated heterocycles. The molecule has 0 radical (unpaired) electrons. The van der Waals surface area contributed by atoms with E-state index in [2.05, 4.69) is 16.5 Å². The van der Waals surface area contributed by atoms with Crippen LogP contribution in [0.5, 0.6) is 0 Å². The first-order valence-corrected chi connectivity index (χ1v) is 8.89. The molecule has 1 aromatic carbocycles. The Bertz CT molecular complexity index is 851. The van der Waals surface area contributed by atoms with E-state index in [9.17, 15) is 5.11 Å². The van der Waals surface area contributed by atoms with Gasteiger partial charge in [0.25, 0.3) is 0 Å². The molecule has 3 aromatic rings. The van der Waals surface area contributed by atoms with Gasteiger partial charge in [0.1, 0.15) is 11.3 Å². The van der Waals surface area contributed by atoms with Crippen LogP contribution in [0.3, 0.4) is 0 Å². The molecule has 5 nitrogen and oxygen atoms in total. The summed E-state index contributed by atoms with van der Waals surface area (Å²) in [7, 11) is 0. The predicted octanol–water partition coefficient (Wildman–Crippen LogP) is 3.19. The van der Waals surface area contributed by atoms with Gasteiger partial charge < -0.3 is 15.4 Å². The monoisotopic (exact) mass is 330 g/mol. The smallest absolute Gasteiger partial charge is 0.152 e. The third kappa shape index (κ3) is 3.14. The number of nitrogen functional groups attached to an aromatic ring is 1. The Balaban J connectivity index is 2.32. The Hall–Kier alpha value is -1.79. The Morgan fingerprint density at radius 2 is 2.00 bits per heavy atom. The highest BCUT2D eigenvalue weighted by Gasteiger charge is 2.22. The first kappa shape index (κ1) is 16.1. The molecule has 0 aliphatic rings. The van der Waals surface area contributed by atoms with Crippen molar-refractivity contribution in [2.24, 2.45) is 0 Å². The summed E-state index contributed by atoms with van der Waals surface area (Å²) in [5.74, 6) is 3.17. The van der Waals surface area contributed by atoms with Crippen LogP contribution in [-0.2, 0) is 12.3 Å². The van der Waals surface area contributed by atoms with Crippen molar-refractivity contribution in [2.75, 3.05) is 11.5 Å². The molecule has 3 rings (SSSR count). The summed E-state index contributed by atoms with van der Waals surface area (Å²) in [6.07, 6.45) is 0. The van der Waals surface area contributed by atoms with Gasteiger partial charge in [-0.25, -0.2) is 9.97 Å². The Kier molecular flexibility index (Phi) is 4.21. The molecule has 0 saturated carbocycles. The number of hydrogen-bond acceptors (Lipinski definition) is 5. The quantitative estimate of drug-likeness (QED) is 0.751. The van der Waals surface area contributed by atoms with Crippen LogP contribution < -0.4 is 5.73 Å². The van der Waals surface area contributed by atoms with Crippen LogP contribution in [0.4, 0.5) is 5.82 Å². The van der Waals surface area contributed by atoms with Crippen LogP contribution in [0.1, 0.15) is 26.6 Å². The maximum absolute atomic E-state index is 10.3. The summed E-state index contributed by atoms with van der Waals surface area (Å²) in [6.45, 7) is 6.21. The molecule has 0 aliphatic carbocycles. The third-order valence-corrected chi connectivity index (χ3v) is 4.54. The molecule has 6 heteroatoms.